The van der Waals surface area contributed by atoms with Crippen LogP contribution in [-0.4, -0.2) is 22.9 Å². The van der Waals surface area contributed by atoms with E-state index >= 15 is 0 Å². The van der Waals surface area contributed by atoms with Gasteiger partial charge in [0.2, 0.25) is 0 Å². The van der Waals surface area contributed by atoms with E-state index in [1.54, 1.807) is 0 Å². The van der Waals surface area contributed by atoms with Gasteiger partial charge in [0.05, 0.1) is 0 Å². The van der Waals surface area contributed by atoms with Crippen LogP contribution in [0.2, 0.25) is 0 Å². The molecule has 0 aromatic carbocycles. The first-order valence-corrected chi connectivity index (χ1v) is 5.32. The third-order valence-corrected chi connectivity index (χ3v) is 1.41. The van der Waals surface area contributed by atoms with Crippen LogP contribution in [0.1, 0.15) is 0 Å². The zero-order valence-electron chi connectivity index (χ0n) is 5.64. The molecule has 11 heavy (non-hydrogen) atoms. The number of nitrogens with two attached hydrogens (primary N) is 3. The van der Waals surface area contributed by atoms with Crippen molar-refractivity contribution in [2.24, 2.45) is 16.0 Å². The molecule has 0 amide bonds. The predicted molar refractivity (Wildman–Crippen MR) is 53.0 cm³/mol. The lowest BCUT2D eigenvalue weighted by atomic mass is 10.4. The summed E-state index contributed by atoms with van der Waals surface area (Å²) in [6.45, 7) is 0. The van der Waals surface area contributed by atoms with E-state index in [9.17, 15) is 4.79 Å². The molecule has 1 atom stereocenters. The minimum absolute atomic E-state index is 0.190. The predicted octanol–water partition coefficient (Wildman–Crippen LogP) is -0.557. The van der Waals surface area contributed by atoms with Crippen LogP contribution in [0, 0.1) is 0 Å². The molecular formula is C3H11N3O2S3. The highest BCUT2D eigenvalue weighted by atomic mass is 33.1. The maximum atomic E-state index is 9.76. The van der Waals surface area contributed by atoms with E-state index in [2.05, 4.69) is 12.6 Å². The lowest BCUT2D eigenvalue weighted by molar-refractivity contribution is -0.137. The molecule has 7 N–H and O–H groups in total. The Morgan fingerprint density at radius 1 is 1.55 bits per heavy atom. The number of carboxylic acids is 1. The number of aliphatic carboxylic acids is 1. The zero-order valence-corrected chi connectivity index (χ0v) is 8.16. The second kappa shape index (κ2) is 10.4. The summed E-state index contributed by atoms with van der Waals surface area (Å²) in [5.41, 5.74) is 4.94. The van der Waals surface area contributed by atoms with Gasteiger partial charge in [-0.3, -0.25) is 15.1 Å². The number of thiol groups is 1. The highest BCUT2D eigenvalue weighted by Crippen LogP contribution is 1.98. The molecule has 8 heteroatoms. The van der Waals surface area contributed by atoms with Crippen molar-refractivity contribution >= 4 is 40.6 Å². The largest absolute Gasteiger partial charge is 0.480 e. The van der Waals surface area contributed by atoms with Gasteiger partial charge in [-0.25, -0.2) is 0 Å². The Labute approximate surface area is 78.5 Å². The van der Waals surface area contributed by atoms with Crippen molar-refractivity contribution in [1.29, 1.82) is 0 Å². The Balaban J connectivity index is 0. The van der Waals surface area contributed by atoms with Gasteiger partial charge in [0, 0.05) is 27.7 Å². The van der Waals surface area contributed by atoms with Gasteiger partial charge in [0.25, 0.3) is 0 Å². The molecule has 1 unspecified atom stereocenters. The summed E-state index contributed by atoms with van der Waals surface area (Å²) in [5, 5.41) is 17.6. The van der Waals surface area contributed by atoms with Crippen molar-refractivity contribution in [3.63, 3.8) is 0 Å². The highest BCUT2D eigenvalue weighted by molar-refractivity contribution is 8.75. The summed E-state index contributed by atoms with van der Waals surface area (Å²) >= 11 is 3.65. The summed E-state index contributed by atoms with van der Waals surface area (Å²) in [7, 11) is 2.10. The van der Waals surface area contributed by atoms with Crippen molar-refractivity contribution in [2.45, 2.75) is 6.04 Å². The molecular weight excluding hydrogens is 206 g/mol. The Morgan fingerprint density at radius 3 is 1.91 bits per heavy atom. The number of carbonyl (C=O) groups is 1. The van der Waals surface area contributed by atoms with E-state index in [0.717, 1.165) is 22.0 Å². The van der Waals surface area contributed by atoms with E-state index in [1.807, 2.05) is 0 Å². The summed E-state index contributed by atoms with van der Waals surface area (Å²) < 4.78 is 0. The Morgan fingerprint density at radius 2 is 1.91 bits per heavy atom. The first kappa shape index (κ1) is 14.0. The Hall–Kier alpha value is 0.400. The summed E-state index contributed by atoms with van der Waals surface area (Å²) in [5.74, 6) is -0.815. The average molecular weight is 217 g/mol. The SMILES string of the molecule is NC(CS)C(=O)O.NSSN. The fourth-order valence-electron chi connectivity index (χ4n) is 0.0781. The maximum Gasteiger partial charge on any atom is 0.321 e. The molecule has 0 bridgehead atoms. The molecule has 0 saturated carbocycles. The minimum atomic E-state index is -1.00. The molecule has 0 aliphatic carbocycles. The van der Waals surface area contributed by atoms with E-state index in [-0.39, 0.29) is 5.75 Å². The monoisotopic (exact) mass is 217 g/mol. The lowest BCUT2D eigenvalue weighted by Gasteiger charge is -1.96. The quantitative estimate of drug-likeness (QED) is 0.244. The van der Waals surface area contributed by atoms with Gasteiger partial charge < -0.3 is 10.8 Å². The number of hydrogen-bond donors (Lipinski definition) is 5. The summed E-state index contributed by atoms with van der Waals surface area (Å²) in [4.78, 5) is 9.76. The third kappa shape index (κ3) is 13.4. The second-order valence-electron chi connectivity index (χ2n) is 1.32. The molecule has 0 radical (unpaired) electrons. The van der Waals surface area contributed by atoms with Gasteiger partial charge in [0.15, 0.2) is 0 Å². The highest BCUT2D eigenvalue weighted by Gasteiger charge is 2.06. The molecule has 0 fully saturated rings. The average Bonchev–Trinajstić information content (AvgIpc) is 2.03. The second-order valence-corrected chi connectivity index (χ2v) is 3.22. The van der Waals surface area contributed by atoms with Crippen molar-refractivity contribution in [3.8, 4) is 0 Å². The summed E-state index contributed by atoms with van der Waals surface area (Å²) in [6, 6.07) is -0.816. The molecule has 0 heterocycles. The van der Waals surface area contributed by atoms with Crippen molar-refractivity contribution < 1.29 is 9.90 Å². The topological polar surface area (TPSA) is 115 Å². The van der Waals surface area contributed by atoms with Gasteiger partial charge in [-0.2, -0.15) is 12.6 Å². The number of hydrogen-bond acceptors (Lipinski definition) is 7. The lowest BCUT2D eigenvalue weighted by Crippen LogP contribution is -2.31. The van der Waals surface area contributed by atoms with E-state index in [0.29, 0.717) is 0 Å². The molecule has 68 valence electrons. The van der Waals surface area contributed by atoms with E-state index < -0.39 is 12.0 Å². The van der Waals surface area contributed by atoms with Gasteiger partial charge in [0.1, 0.15) is 6.04 Å². The molecule has 0 aliphatic rings. The fourth-order valence-corrected chi connectivity index (χ4v) is 0.234. The van der Waals surface area contributed by atoms with Crippen LogP contribution in [0.4, 0.5) is 0 Å². The van der Waals surface area contributed by atoms with Crippen molar-refractivity contribution in [1.82, 2.24) is 0 Å². The van der Waals surface area contributed by atoms with Crippen LogP contribution >= 0.6 is 34.6 Å². The van der Waals surface area contributed by atoms with Gasteiger partial charge in [-0.1, -0.05) is 0 Å². The van der Waals surface area contributed by atoms with Crippen LogP contribution < -0.4 is 16.0 Å². The van der Waals surface area contributed by atoms with Gasteiger partial charge >= 0.3 is 5.97 Å². The summed E-state index contributed by atoms with van der Waals surface area (Å²) in [6.07, 6.45) is 0. The molecule has 0 saturated heterocycles. The molecule has 0 spiro atoms. The van der Waals surface area contributed by atoms with Crippen molar-refractivity contribution in [2.75, 3.05) is 5.75 Å². The molecule has 0 aromatic rings. The Kier molecular flexibility index (Phi) is 13.2. The molecule has 5 nitrogen and oxygen atoms in total. The van der Waals surface area contributed by atoms with E-state index in [4.69, 9.17) is 21.1 Å². The number of rotatable bonds is 3. The van der Waals surface area contributed by atoms with Crippen LogP contribution in [0.3, 0.4) is 0 Å². The molecule has 0 aliphatic heterocycles. The van der Waals surface area contributed by atoms with Crippen LogP contribution in [-0.2, 0) is 4.79 Å². The first-order chi connectivity index (χ1) is 5.09. The molecule has 0 aromatic heterocycles. The number of carboxylic acid groups (broad SMARTS) is 1. The first-order valence-electron chi connectivity index (χ1n) is 2.41. The zero-order chi connectivity index (χ0) is 9.28. The van der Waals surface area contributed by atoms with Gasteiger partial charge in [-0.15, -0.1) is 0 Å². The van der Waals surface area contributed by atoms with E-state index in [1.165, 1.54) is 0 Å². The van der Waals surface area contributed by atoms with Gasteiger partial charge in [-0.05, 0) is 0 Å². The van der Waals surface area contributed by atoms with Crippen LogP contribution in [0.5, 0.6) is 0 Å². The third-order valence-electron chi connectivity index (χ3n) is 0.569. The standard InChI is InChI=1S/C3H7NO2S.H4N2S2/c4-2(1-7)3(5)6;1-3-4-2/h2,7H,1,4H2,(H,5,6);1-2H2. The maximum absolute atomic E-state index is 9.76. The molecule has 0 rings (SSSR count). The van der Waals surface area contributed by atoms with Crippen LogP contribution in [0.25, 0.3) is 0 Å². The fraction of sp³-hybridized carbons (Fsp3) is 0.667. The normalized spacial score (nSPS) is 11.3. The minimum Gasteiger partial charge on any atom is -0.480 e. The van der Waals surface area contributed by atoms with Crippen LogP contribution in [0.15, 0.2) is 0 Å². The Bertz CT molecular complexity index is 102. The van der Waals surface area contributed by atoms with Crippen molar-refractivity contribution in [3.05, 3.63) is 0 Å². The smallest absolute Gasteiger partial charge is 0.321 e.